The van der Waals surface area contributed by atoms with Gasteiger partial charge in [-0.1, -0.05) is 6.07 Å². The third kappa shape index (κ3) is 5.34. The smallest absolute Gasteiger partial charge is 0.175 e. The summed E-state index contributed by atoms with van der Waals surface area (Å²) in [6.07, 6.45) is 6.64. The second kappa shape index (κ2) is 9.73. The molecule has 10 heteroatoms. The van der Waals surface area contributed by atoms with Gasteiger partial charge in [0.05, 0.1) is 23.8 Å². The summed E-state index contributed by atoms with van der Waals surface area (Å²) < 4.78 is 30.3. The molecule has 1 saturated heterocycles. The third-order valence-corrected chi connectivity index (χ3v) is 7.11. The summed E-state index contributed by atoms with van der Waals surface area (Å²) in [7, 11) is -1.37. The SMILES string of the molecule is CN(Cc1cccnc1)Cc1cc(N2CCOCC2)nc(-c2cc(S(C)(=O)=O)cc3[nH]ccc23)n1. The number of rotatable bonds is 7. The Morgan fingerprint density at radius 3 is 2.69 bits per heavy atom. The van der Waals surface area contributed by atoms with Crippen LogP contribution in [0.2, 0.25) is 0 Å². The molecular formula is C25H28N6O3S. The van der Waals surface area contributed by atoms with Crippen molar-refractivity contribution >= 4 is 26.6 Å². The third-order valence-electron chi connectivity index (χ3n) is 6.02. The molecule has 1 aliphatic rings. The first-order valence-electron chi connectivity index (χ1n) is 11.5. The Balaban J connectivity index is 1.57. The number of aromatic nitrogens is 4. The Morgan fingerprint density at radius 2 is 1.94 bits per heavy atom. The van der Waals surface area contributed by atoms with Gasteiger partial charge < -0.3 is 14.6 Å². The lowest BCUT2D eigenvalue weighted by molar-refractivity contribution is 0.122. The summed E-state index contributed by atoms with van der Waals surface area (Å²) in [6.45, 7) is 4.09. The van der Waals surface area contributed by atoms with Gasteiger partial charge in [-0.15, -0.1) is 0 Å². The van der Waals surface area contributed by atoms with Gasteiger partial charge in [-0.2, -0.15) is 0 Å². The van der Waals surface area contributed by atoms with Gasteiger partial charge in [0.15, 0.2) is 15.7 Å². The zero-order chi connectivity index (χ0) is 24.4. The van der Waals surface area contributed by atoms with Crippen molar-refractivity contribution in [3.63, 3.8) is 0 Å². The number of aromatic amines is 1. The molecule has 0 amide bonds. The van der Waals surface area contributed by atoms with E-state index in [1.165, 1.54) is 6.26 Å². The fourth-order valence-electron chi connectivity index (χ4n) is 4.31. The van der Waals surface area contributed by atoms with Crippen LogP contribution in [0.4, 0.5) is 5.82 Å². The summed E-state index contributed by atoms with van der Waals surface area (Å²) in [5.41, 5.74) is 3.40. The number of nitrogens with zero attached hydrogens (tertiary/aromatic N) is 5. The summed E-state index contributed by atoms with van der Waals surface area (Å²) >= 11 is 0. The lowest BCUT2D eigenvalue weighted by Crippen LogP contribution is -2.37. The molecule has 35 heavy (non-hydrogen) atoms. The summed E-state index contributed by atoms with van der Waals surface area (Å²) in [5, 5.41) is 0.881. The number of hydrogen-bond acceptors (Lipinski definition) is 8. The van der Waals surface area contributed by atoms with Crippen LogP contribution in [-0.4, -0.2) is 72.9 Å². The number of ether oxygens (including phenoxy) is 1. The Kier molecular flexibility index (Phi) is 6.50. The van der Waals surface area contributed by atoms with Crippen LogP contribution in [0.5, 0.6) is 0 Å². The van der Waals surface area contributed by atoms with Crippen LogP contribution < -0.4 is 4.90 Å². The van der Waals surface area contributed by atoms with Crippen LogP contribution in [0, 0.1) is 0 Å². The van der Waals surface area contributed by atoms with Crippen molar-refractivity contribution in [3.8, 4) is 11.4 Å². The number of nitrogens with one attached hydrogen (secondary N) is 1. The summed E-state index contributed by atoms with van der Waals surface area (Å²) in [5.74, 6) is 1.32. The zero-order valence-corrected chi connectivity index (χ0v) is 20.6. The highest BCUT2D eigenvalue weighted by molar-refractivity contribution is 7.90. The van der Waals surface area contributed by atoms with Crippen LogP contribution in [-0.2, 0) is 27.7 Å². The normalized spacial score (nSPS) is 14.7. The molecule has 1 fully saturated rings. The van der Waals surface area contributed by atoms with Gasteiger partial charge in [0, 0.05) is 73.6 Å². The molecule has 0 bridgehead atoms. The van der Waals surface area contributed by atoms with Crippen LogP contribution >= 0.6 is 0 Å². The van der Waals surface area contributed by atoms with Gasteiger partial charge in [0.1, 0.15) is 5.82 Å². The van der Waals surface area contributed by atoms with Gasteiger partial charge in [-0.3, -0.25) is 9.88 Å². The van der Waals surface area contributed by atoms with Crippen molar-refractivity contribution in [1.29, 1.82) is 0 Å². The molecule has 0 atom stereocenters. The first-order chi connectivity index (χ1) is 16.9. The molecule has 4 heterocycles. The molecule has 5 rings (SSSR count). The highest BCUT2D eigenvalue weighted by atomic mass is 32.2. The number of fused-ring (bicyclic) bond motifs is 1. The minimum Gasteiger partial charge on any atom is -0.378 e. The summed E-state index contributed by atoms with van der Waals surface area (Å²) in [6, 6.07) is 11.3. The Bertz CT molecular complexity index is 1430. The predicted molar refractivity (Wildman–Crippen MR) is 135 cm³/mol. The minimum absolute atomic E-state index is 0.234. The molecule has 0 radical (unpaired) electrons. The van der Waals surface area contributed by atoms with Crippen molar-refractivity contribution in [2.24, 2.45) is 0 Å². The molecule has 0 spiro atoms. The van der Waals surface area contributed by atoms with E-state index in [2.05, 4.69) is 19.8 Å². The highest BCUT2D eigenvalue weighted by Crippen LogP contribution is 2.31. The topological polar surface area (TPSA) is 104 Å². The zero-order valence-electron chi connectivity index (χ0n) is 19.8. The monoisotopic (exact) mass is 492 g/mol. The lowest BCUT2D eigenvalue weighted by Gasteiger charge is -2.28. The number of H-pyrrole nitrogens is 1. The molecule has 1 N–H and O–H groups in total. The maximum Gasteiger partial charge on any atom is 0.175 e. The number of anilines is 1. The van der Waals surface area contributed by atoms with Crippen molar-refractivity contribution in [2.45, 2.75) is 18.0 Å². The van der Waals surface area contributed by atoms with Gasteiger partial charge in [-0.25, -0.2) is 18.4 Å². The van der Waals surface area contributed by atoms with Crippen molar-refractivity contribution in [1.82, 2.24) is 24.8 Å². The van der Waals surface area contributed by atoms with Gasteiger partial charge in [0.2, 0.25) is 0 Å². The molecule has 0 unspecified atom stereocenters. The van der Waals surface area contributed by atoms with Crippen molar-refractivity contribution < 1.29 is 13.2 Å². The molecule has 4 aromatic rings. The molecule has 182 valence electrons. The number of benzene rings is 1. The second-order valence-electron chi connectivity index (χ2n) is 8.86. The lowest BCUT2D eigenvalue weighted by atomic mass is 10.1. The molecule has 3 aromatic heterocycles. The Labute approximate surface area is 204 Å². The van der Waals surface area contributed by atoms with E-state index >= 15 is 0 Å². The number of sulfone groups is 1. The fourth-order valence-corrected chi connectivity index (χ4v) is 4.98. The number of hydrogen-bond donors (Lipinski definition) is 1. The predicted octanol–water partition coefficient (Wildman–Crippen LogP) is 2.89. The molecular weight excluding hydrogens is 464 g/mol. The van der Waals surface area contributed by atoms with Crippen LogP contribution in [0.3, 0.4) is 0 Å². The number of morpholine rings is 1. The van der Waals surface area contributed by atoms with E-state index in [1.807, 2.05) is 37.5 Å². The van der Waals surface area contributed by atoms with Gasteiger partial charge >= 0.3 is 0 Å². The largest absolute Gasteiger partial charge is 0.378 e. The van der Waals surface area contributed by atoms with E-state index in [-0.39, 0.29) is 4.90 Å². The maximum absolute atomic E-state index is 12.4. The molecule has 9 nitrogen and oxygen atoms in total. The highest BCUT2D eigenvalue weighted by Gasteiger charge is 2.20. The second-order valence-corrected chi connectivity index (χ2v) is 10.9. The molecule has 1 aromatic carbocycles. The van der Waals surface area contributed by atoms with E-state index in [9.17, 15) is 8.42 Å². The van der Waals surface area contributed by atoms with E-state index in [4.69, 9.17) is 14.7 Å². The van der Waals surface area contributed by atoms with E-state index < -0.39 is 9.84 Å². The van der Waals surface area contributed by atoms with Crippen LogP contribution in [0.1, 0.15) is 11.3 Å². The summed E-state index contributed by atoms with van der Waals surface area (Å²) in [4.78, 5) is 21.7. The van der Waals surface area contributed by atoms with Crippen molar-refractivity contribution in [3.05, 3.63) is 66.2 Å². The first kappa shape index (κ1) is 23.4. The van der Waals surface area contributed by atoms with Gasteiger partial charge in [0.25, 0.3) is 0 Å². The fraction of sp³-hybridized carbons (Fsp3) is 0.320. The van der Waals surface area contributed by atoms with E-state index in [1.54, 1.807) is 24.5 Å². The van der Waals surface area contributed by atoms with E-state index in [0.29, 0.717) is 31.1 Å². The van der Waals surface area contributed by atoms with Crippen molar-refractivity contribution in [2.75, 3.05) is 44.5 Å². The van der Waals surface area contributed by atoms with Crippen LogP contribution in [0.25, 0.3) is 22.3 Å². The Morgan fingerprint density at radius 1 is 1.11 bits per heavy atom. The average molecular weight is 493 g/mol. The van der Waals surface area contributed by atoms with Gasteiger partial charge in [-0.05, 0) is 36.9 Å². The average Bonchev–Trinajstić information content (AvgIpc) is 3.33. The first-order valence-corrected chi connectivity index (χ1v) is 13.4. The Hall–Kier alpha value is -3.34. The molecule has 0 aliphatic carbocycles. The quantitative estimate of drug-likeness (QED) is 0.420. The molecule has 1 aliphatic heterocycles. The molecule has 0 saturated carbocycles. The standard InChI is InChI=1S/C25H28N6O3S/c1-30(16-18-4-3-6-26-15-18)17-19-12-24(31-8-10-34-11-9-31)29-25(28-19)22-13-20(35(2,32)33)14-23-21(22)5-7-27-23/h3-7,12-15,27H,8-11,16-17H2,1-2H3. The minimum atomic E-state index is -3.41. The van der Waals surface area contributed by atoms with Crippen LogP contribution in [0.15, 0.2) is 59.9 Å². The maximum atomic E-state index is 12.4. The van der Waals surface area contributed by atoms with E-state index in [0.717, 1.165) is 47.6 Å². The number of pyridine rings is 1.